The van der Waals surface area contributed by atoms with Crippen LogP contribution in [0.4, 0.5) is 0 Å². The lowest BCUT2D eigenvalue weighted by atomic mass is 10.1. The summed E-state index contributed by atoms with van der Waals surface area (Å²) in [6.45, 7) is 2.52. The van der Waals surface area contributed by atoms with E-state index < -0.39 is 0 Å². The van der Waals surface area contributed by atoms with Crippen molar-refractivity contribution in [3.8, 4) is 6.07 Å². The Balaban J connectivity index is 1.73. The van der Waals surface area contributed by atoms with E-state index in [4.69, 9.17) is 16.9 Å². The minimum atomic E-state index is -0.0447. The van der Waals surface area contributed by atoms with E-state index in [9.17, 15) is 4.79 Å². The van der Waals surface area contributed by atoms with Crippen molar-refractivity contribution < 1.29 is 4.79 Å². The lowest BCUT2D eigenvalue weighted by molar-refractivity contribution is -0.129. The molecule has 0 bridgehead atoms. The number of benzene rings is 2. The van der Waals surface area contributed by atoms with Crippen molar-refractivity contribution in [3.05, 3.63) is 76.3 Å². The second-order valence-electron chi connectivity index (χ2n) is 6.11. The number of hydrogen-bond acceptors (Lipinski definition) is 5. The molecule has 8 heteroatoms. The molecule has 6 nitrogen and oxygen atoms in total. The molecule has 0 aliphatic carbocycles. The fourth-order valence-corrected chi connectivity index (χ4v) is 3.70. The molecule has 1 heterocycles. The van der Waals surface area contributed by atoms with Crippen LogP contribution in [0.15, 0.2) is 53.4 Å². The number of rotatable bonds is 7. The average molecular weight is 412 g/mol. The summed E-state index contributed by atoms with van der Waals surface area (Å²) in [5.41, 5.74) is 1.52. The first-order chi connectivity index (χ1) is 13.5. The molecule has 1 aromatic heterocycles. The molecule has 0 aliphatic rings. The molecule has 3 aromatic rings. The highest BCUT2D eigenvalue weighted by Crippen LogP contribution is 2.27. The van der Waals surface area contributed by atoms with Crippen molar-refractivity contribution in [2.45, 2.75) is 24.9 Å². The van der Waals surface area contributed by atoms with E-state index in [0.29, 0.717) is 35.3 Å². The van der Waals surface area contributed by atoms with E-state index in [2.05, 4.69) is 21.3 Å². The lowest BCUT2D eigenvalue weighted by Crippen LogP contribution is -2.32. The van der Waals surface area contributed by atoms with E-state index in [1.165, 1.54) is 11.8 Å². The molecule has 1 amide bonds. The third-order valence-electron chi connectivity index (χ3n) is 3.97. The van der Waals surface area contributed by atoms with Crippen LogP contribution in [0, 0.1) is 18.3 Å². The zero-order chi connectivity index (χ0) is 19.9. The summed E-state index contributed by atoms with van der Waals surface area (Å²) < 4.78 is 0. The van der Waals surface area contributed by atoms with E-state index in [1.54, 1.807) is 23.1 Å². The van der Waals surface area contributed by atoms with Gasteiger partial charge in [0.05, 0.1) is 29.0 Å². The largest absolute Gasteiger partial charge is 0.330 e. The molecule has 142 valence electrons. The van der Waals surface area contributed by atoms with Gasteiger partial charge in [0.25, 0.3) is 0 Å². The summed E-state index contributed by atoms with van der Waals surface area (Å²) in [6.07, 6.45) is 0. The number of aromatic amines is 1. The van der Waals surface area contributed by atoms with Crippen LogP contribution in [-0.2, 0) is 17.9 Å². The summed E-state index contributed by atoms with van der Waals surface area (Å²) in [4.78, 5) is 19.8. The Kier molecular flexibility index (Phi) is 6.69. The first kappa shape index (κ1) is 19.9. The maximum Gasteiger partial charge on any atom is 0.233 e. The van der Waals surface area contributed by atoms with Crippen LogP contribution in [0.1, 0.15) is 22.8 Å². The number of aromatic nitrogens is 3. The molecule has 0 atom stereocenters. The number of aryl methyl sites for hydroxylation is 1. The second-order valence-corrected chi connectivity index (χ2v) is 7.54. The third kappa shape index (κ3) is 5.35. The van der Waals surface area contributed by atoms with E-state index >= 15 is 0 Å². The second kappa shape index (κ2) is 9.40. The average Bonchev–Trinajstić information content (AvgIpc) is 3.12. The number of carbonyl (C=O) groups is 1. The molecule has 0 aliphatic heterocycles. The lowest BCUT2D eigenvalue weighted by Gasteiger charge is -2.21. The number of H-pyrrole nitrogens is 1. The SMILES string of the molecule is Cc1nc(CN(Cc2ccc(C#N)cc2)C(=O)CSc2ccccc2Cl)n[nH]1. The van der Waals surface area contributed by atoms with Gasteiger partial charge in [0.2, 0.25) is 5.91 Å². The first-order valence-corrected chi connectivity index (χ1v) is 9.93. The van der Waals surface area contributed by atoms with Crippen molar-refractivity contribution in [1.82, 2.24) is 20.1 Å². The number of nitrogens with one attached hydrogen (secondary N) is 1. The standard InChI is InChI=1S/C20H18ClN5OS/c1-14-23-19(25-24-14)12-26(11-16-8-6-15(10-22)7-9-16)20(27)13-28-18-5-3-2-4-17(18)21/h2-9H,11-13H2,1H3,(H,23,24,25). The van der Waals surface area contributed by atoms with Gasteiger partial charge in [0, 0.05) is 11.4 Å². The quantitative estimate of drug-likeness (QED) is 0.594. The van der Waals surface area contributed by atoms with Crippen molar-refractivity contribution in [2.75, 3.05) is 5.75 Å². The Hall–Kier alpha value is -2.82. The summed E-state index contributed by atoms with van der Waals surface area (Å²) in [6, 6.07) is 16.7. The Morgan fingerprint density at radius 2 is 1.96 bits per heavy atom. The van der Waals surface area contributed by atoms with Gasteiger partial charge in [-0.1, -0.05) is 35.9 Å². The van der Waals surface area contributed by atoms with E-state index in [-0.39, 0.29) is 11.7 Å². The fourth-order valence-electron chi connectivity index (χ4n) is 2.56. The monoisotopic (exact) mass is 411 g/mol. The third-order valence-corrected chi connectivity index (χ3v) is 5.47. The summed E-state index contributed by atoms with van der Waals surface area (Å²) in [7, 11) is 0. The van der Waals surface area contributed by atoms with Crippen LogP contribution in [0.3, 0.4) is 0 Å². The van der Waals surface area contributed by atoms with Crippen LogP contribution in [0.25, 0.3) is 0 Å². The van der Waals surface area contributed by atoms with Crippen LogP contribution < -0.4 is 0 Å². The zero-order valence-corrected chi connectivity index (χ0v) is 16.8. The number of thioether (sulfide) groups is 1. The molecule has 0 saturated heterocycles. The van der Waals surface area contributed by atoms with Gasteiger partial charge in [-0.3, -0.25) is 9.89 Å². The van der Waals surface area contributed by atoms with Gasteiger partial charge in [-0.2, -0.15) is 10.4 Å². The van der Waals surface area contributed by atoms with E-state index in [0.717, 1.165) is 10.5 Å². The van der Waals surface area contributed by atoms with Crippen LogP contribution in [-0.4, -0.2) is 31.7 Å². The Morgan fingerprint density at radius 1 is 1.21 bits per heavy atom. The molecule has 28 heavy (non-hydrogen) atoms. The highest BCUT2D eigenvalue weighted by Gasteiger charge is 2.18. The number of nitriles is 1. The molecule has 0 fully saturated rings. The van der Waals surface area contributed by atoms with Gasteiger partial charge in [0.1, 0.15) is 5.82 Å². The molecule has 0 spiro atoms. The van der Waals surface area contributed by atoms with Crippen molar-refractivity contribution in [3.63, 3.8) is 0 Å². The van der Waals surface area contributed by atoms with Gasteiger partial charge >= 0.3 is 0 Å². The highest BCUT2D eigenvalue weighted by atomic mass is 35.5. The number of carbonyl (C=O) groups excluding carboxylic acids is 1. The van der Waals surface area contributed by atoms with Gasteiger partial charge < -0.3 is 4.90 Å². The van der Waals surface area contributed by atoms with Gasteiger partial charge in [0.15, 0.2) is 5.82 Å². The molecular weight excluding hydrogens is 394 g/mol. The molecule has 0 radical (unpaired) electrons. The molecule has 2 aromatic carbocycles. The maximum absolute atomic E-state index is 12.9. The molecule has 0 unspecified atom stereocenters. The first-order valence-electron chi connectivity index (χ1n) is 8.57. The predicted molar refractivity (Wildman–Crippen MR) is 109 cm³/mol. The smallest absolute Gasteiger partial charge is 0.233 e. The minimum Gasteiger partial charge on any atom is -0.330 e. The highest BCUT2D eigenvalue weighted by molar-refractivity contribution is 8.00. The zero-order valence-electron chi connectivity index (χ0n) is 15.2. The summed E-state index contributed by atoms with van der Waals surface area (Å²) in [5, 5.41) is 16.5. The van der Waals surface area contributed by atoms with Crippen molar-refractivity contribution in [2.24, 2.45) is 0 Å². The van der Waals surface area contributed by atoms with Gasteiger partial charge in [-0.25, -0.2) is 4.98 Å². The number of hydrogen-bond donors (Lipinski definition) is 1. The van der Waals surface area contributed by atoms with E-state index in [1.807, 2.05) is 37.3 Å². The van der Waals surface area contributed by atoms with Crippen LogP contribution in [0.2, 0.25) is 5.02 Å². The number of amides is 1. The van der Waals surface area contributed by atoms with Crippen molar-refractivity contribution >= 4 is 29.3 Å². The fraction of sp³-hybridized carbons (Fsp3) is 0.200. The molecule has 0 saturated carbocycles. The molecule has 3 rings (SSSR count). The Bertz CT molecular complexity index is 996. The van der Waals surface area contributed by atoms with Gasteiger partial charge in [-0.05, 0) is 36.8 Å². The predicted octanol–water partition coefficient (Wildman–Crippen LogP) is 3.96. The summed E-state index contributed by atoms with van der Waals surface area (Å²) >= 11 is 7.58. The number of nitrogens with zero attached hydrogens (tertiary/aromatic N) is 4. The maximum atomic E-state index is 12.9. The van der Waals surface area contributed by atoms with Gasteiger partial charge in [-0.15, -0.1) is 11.8 Å². The van der Waals surface area contributed by atoms with Crippen LogP contribution >= 0.6 is 23.4 Å². The molecule has 1 N–H and O–H groups in total. The minimum absolute atomic E-state index is 0.0447. The van der Waals surface area contributed by atoms with Crippen LogP contribution in [0.5, 0.6) is 0 Å². The molecular formula is C20H18ClN5OS. The van der Waals surface area contributed by atoms with Crippen molar-refractivity contribution in [1.29, 1.82) is 5.26 Å². The Morgan fingerprint density at radius 3 is 2.61 bits per heavy atom. The number of halogens is 1. The normalized spacial score (nSPS) is 10.5. The topological polar surface area (TPSA) is 85.7 Å². The summed E-state index contributed by atoms with van der Waals surface area (Å²) in [5.74, 6) is 1.47. The Labute approximate surface area is 172 Å².